The summed E-state index contributed by atoms with van der Waals surface area (Å²) in [4.78, 5) is 4.52. The van der Waals surface area contributed by atoms with Gasteiger partial charge in [-0.2, -0.15) is 0 Å². The fourth-order valence-corrected chi connectivity index (χ4v) is 2.34. The number of aliphatic hydroxyl groups excluding tert-OH is 1. The molecule has 0 aliphatic heterocycles. The van der Waals surface area contributed by atoms with Crippen molar-refractivity contribution in [1.29, 1.82) is 0 Å². The van der Waals surface area contributed by atoms with Gasteiger partial charge in [-0.15, -0.1) is 0 Å². The fourth-order valence-electron chi connectivity index (χ4n) is 2.34. The van der Waals surface area contributed by atoms with E-state index in [2.05, 4.69) is 22.5 Å². The Kier molecular flexibility index (Phi) is 4.37. The summed E-state index contributed by atoms with van der Waals surface area (Å²) in [6, 6.07) is 8.10. The van der Waals surface area contributed by atoms with Crippen molar-refractivity contribution >= 4 is 11.0 Å². The lowest BCUT2D eigenvalue weighted by Crippen LogP contribution is -2.07. The van der Waals surface area contributed by atoms with Gasteiger partial charge in [0, 0.05) is 6.54 Å². The van der Waals surface area contributed by atoms with Gasteiger partial charge in [-0.05, 0) is 25.5 Å². The van der Waals surface area contributed by atoms with Gasteiger partial charge < -0.3 is 9.67 Å². The molecule has 0 aliphatic carbocycles. The van der Waals surface area contributed by atoms with Gasteiger partial charge in [-0.25, -0.2) is 4.98 Å². The zero-order valence-electron chi connectivity index (χ0n) is 11.3. The summed E-state index contributed by atoms with van der Waals surface area (Å²) in [7, 11) is 0. The first-order valence-electron chi connectivity index (χ1n) is 6.87. The molecule has 1 N–H and O–H groups in total. The summed E-state index contributed by atoms with van der Waals surface area (Å²) in [6.07, 6.45) is 4.39. The van der Waals surface area contributed by atoms with Crippen LogP contribution in [0.1, 0.15) is 51.5 Å². The van der Waals surface area contributed by atoms with Crippen molar-refractivity contribution in [2.75, 3.05) is 0 Å². The van der Waals surface area contributed by atoms with Crippen LogP contribution in [0.3, 0.4) is 0 Å². The Bertz CT molecular complexity index is 502. The number of benzene rings is 1. The molecule has 2 aromatic rings. The summed E-state index contributed by atoms with van der Waals surface area (Å²) in [6.45, 7) is 4.94. The summed E-state index contributed by atoms with van der Waals surface area (Å²) in [5.41, 5.74) is 2.11. The predicted molar refractivity (Wildman–Crippen MR) is 74.5 cm³/mol. The van der Waals surface area contributed by atoms with Crippen LogP contribution in [0, 0.1) is 0 Å². The van der Waals surface area contributed by atoms with Gasteiger partial charge in [0.15, 0.2) is 0 Å². The number of imidazole rings is 1. The molecule has 0 amide bonds. The van der Waals surface area contributed by atoms with Crippen LogP contribution < -0.4 is 0 Å². The molecule has 0 unspecified atom stereocenters. The maximum Gasteiger partial charge on any atom is 0.138 e. The number of aryl methyl sites for hydroxylation is 1. The average Bonchev–Trinajstić information content (AvgIpc) is 2.74. The lowest BCUT2D eigenvalue weighted by Gasteiger charge is -2.10. The second-order valence-corrected chi connectivity index (χ2v) is 4.85. The highest BCUT2D eigenvalue weighted by Crippen LogP contribution is 2.21. The van der Waals surface area contributed by atoms with Crippen LogP contribution in [0.15, 0.2) is 24.3 Å². The molecule has 0 spiro atoms. The summed E-state index contributed by atoms with van der Waals surface area (Å²) < 4.78 is 2.16. The molecule has 0 bridgehead atoms. The number of aromatic nitrogens is 2. The van der Waals surface area contributed by atoms with Gasteiger partial charge >= 0.3 is 0 Å². The second-order valence-electron chi connectivity index (χ2n) is 4.85. The van der Waals surface area contributed by atoms with Gasteiger partial charge in [0.25, 0.3) is 0 Å². The molecule has 18 heavy (non-hydrogen) atoms. The number of aliphatic hydroxyl groups is 1. The van der Waals surface area contributed by atoms with Crippen LogP contribution in [0.25, 0.3) is 11.0 Å². The number of nitrogens with zero attached hydrogens (tertiary/aromatic N) is 2. The van der Waals surface area contributed by atoms with Crippen molar-refractivity contribution in [2.24, 2.45) is 0 Å². The minimum Gasteiger partial charge on any atom is -0.385 e. The third-order valence-electron chi connectivity index (χ3n) is 3.29. The molecule has 0 aliphatic rings. The Morgan fingerprint density at radius 3 is 2.72 bits per heavy atom. The highest BCUT2D eigenvalue weighted by Gasteiger charge is 2.13. The summed E-state index contributed by atoms with van der Waals surface area (Å²) in [5, 5.41) is 9.82. The minimum atomic E-state index is -0.511. The highest BCUT2D eigenvalue weighted by molar-refractivity contribution is 5.75. The Morgan fingerprint density at radius 1 is 1.22 bits per heavy atom. The van der Waals surface area contributed by atoms with Crippen LogP contribution in [-0.2, 0) is 6.54 Å². The number of hydrogen-bond acceptors (Lipinski definition) is 2. The van der Waals surface area contributed by atoms with E-state index in [9.17, 15) is 5.11 Å². The maximum absolute atomic E-state index is 9.82. The Hall–Kier alpha value is -1.35. The van der Waals surface area contributed by atoms with Crippen LogP contribution >= 0.6 is 0 Å². The lowest BCUT2D eigenvalue weighted by molar-refractivity contribution is 0.184. The van der Waals surface area contributed by atoms with Crippen LogP contribution in [0.4, 0.5) is 0 Å². The molecule has 0 radical (unpaired) electrons. The normalized spacial score (nSPS) is 13.1. The van der Waals surface area contributed by atoms with E-state index in [0.717, 1.165) is 29.8 Å². The number of hydrogen-bond donors (Lipinski definition) is 1. The standard InChI is InChI=1S/C15H22N2O/c1-3-4-5-8-11-17-14-10-7-6-9-13(14)16-15(17)12(2)18/h6-7,9-10,12,18H,3-5,8,11H2,1-2H3/t12-/m1/s1. The first-order chi connectivity index (χ1) is 8.74. The molecule has 3 nitrogen and oxygen atoms in total. The van der Waals surface area contributed by atoms with Gasteiger partial charge in [-0.1, -0.05) is 38.3 Å². The number of unbranched alkanes of at least 4 members (excludes halogenated alkanes) is 3. The molecular formula is C15H22N2O. The second kappa shape index (κ2) is 6.01. The van der Waals surface area contributed by atoms with Crippen molar-refractivity contribution < 1.29 is 5.11 Å². The molecule has 0 fully saturated rings. The van der Waals surface area contributed by atoms with E-state index in [0.29, 0.717) is 0 Å². The predicted octanol–water partition coefficient (Wildman–Crippen LogP) is 3.67. The third kappa shape index (κ3) is 2.72. The first kappa shape index (κ1) is 13.1. The first-order valence-corrected chi connectivity index (χ1v) is 6.87. The number of para-hydroxylation sites is 2. The SMILES string of the molecule is CCCCCCn1c([C@@H](C)O)nc2ccccc21. The topological polar surface area (TPSA) is 38.0 Å². The van der Waals surface area contributed by atoms with E-state index >= 15 is 0 Å². The number of fused-ring (bicyclic) bond motifs is 1. The molecule has 0 saturated carbocycles. The van der Waals surface area contributed by atoms with Crippen molar-refractivity contribution in [1.82, 2.24) is 9.55 Å². The Labute approximate surface area is 108 Å². The minimum absolute atomic E-state index is 0.511. The molecule has 2 rings (SSSR count). The van der Waals surface area contributed by atoms with E-state index in [1.54, 1.807) is 6.92 Å². The maximum atomic E-state index is 9.82. The smallest absolute Gasteiger partial charge is 0.138 e. The van der Waals surface area contributed by atoms with Crippen LogP contribution in [0.5, 0.6) is 0 Å². The van der Waals surface area contributed by atoms with Crippen molar-refractivity contribution in [3.8, 4) is 0 Å². The summed E-state index contributed by atoms with van der Waals surface area (Å²) >= 11 is 0. The Morgan fingerprint density at radius 2 is 2.00 bits per heavy atom. The van der Waals surface area contributed by atoms with Crippen LogP contribution in [-0.4, -0.2) is 14.7 Å². The number of rotatable bonds is 6. The lowest BCUT2D eigenvalue weighted by atomic mass is 10.2. The molecule has 3 heteroatoms. The quantitative estimate of drug-likeness (QED) is 0.790. The zero-order chi connectivity index (χ0) is 13.0. The van der Waals surface area contributed by atoms with Crippen molar-refractivity contribution in [3.63, 3.8) is 0 Å². The zero-order valence-corrected chi connectivity index (χ0v) is 11.3. The fraction of sp³-hybridized carbons (Fsp3) is 0.533. The van der Waals surface area contributed by atoms with Gasteiger partial charge in [0.05, 0.1) is 11.0 Å². The van der Waals surface area contributed by atoms with E-state index < -0.39 is 6.10 Å². The average molecular weight is 246 g/mol. The summed E-state index contributed by atoms with van der Waals surface area (Å²) in [5.74, 6) is 0.785. The molecule has 98 valence electrons. The monoisotopic (exact) mass is 246 g/mol. The van der Waals surface area contributed by atoms with E-state index in [1.807, 2.05) is 18.2 Å². The molecule has 1 atom stereocenters. The highest BCUT2D eigenvalue weighted by atomic mass is 16.3. The van der Waals surface area contributed by atoms with Crippen molar-refractivity contribution in [3.05, 3.63) is 30.1 Å². The van der Waals surface area contributed by atoms with Gasteiger partial charge in [-0.3, -0.25) is 0 Å². The van der Waals surface area contributed by atoms with Gasteiger partial charge in [0.1, 0.15) is 11.9 Å². The molecule has 1 heterocycles. The molecule has 1 aromatic heterocycles. The molecular weight excluding hydrogens is 224 g/mol. The molecule has 1 aromatic carbocycles. The van der Waals surface area contributed by atoms with Crippen molar-refractivity contribution in [2.45, 2.75) is 52.2 Å². The largest absolute Gasteiger partial charge is 0.385 e. The Balaban J connectivity index is 2.24. The van der Waals surface area contributed by atoms with E-state index in [4.69, 9.17) is 0 Å². The van der Waals surface area contributed by atoms with Gasteiger partial charge in [0.2, 0.25) is 0 Å². The molecule has 0 saturated heterocycles. The third-order valence-corrected chi connectivity index (χ3v) is 3.29. The van der Waals surface area contributed by atoms with E-state index in [1.165, 1.54) is 19.3 Å². The van der Waals surface area contributed by atoms with E-state index in [-0.39, 0.29) is 0 Å². The van der Waals surface area contributed by atoms with Crippen LogP contribution in [0.2, 0.25) is 0 Å².